The van der Waals surface area contributed by atoms with Crippen molar-refractivity contribution >= 4 is 26.0 Å². The summed E-state index contributed by atoms with van der Waals surface area (Å²) < 4.78 is 33.1. The van der Waals surface area contributed by atoms with Gasteiger partial charge in [0.25, 0.3) is 10.0 Å². The Bertz CT molecular complexity index is 467. The van der Waals surface area contributed by atoms with Crippen molar-refractivity contribution in [3.05, 3.63) is 4.60 Å². The Morgan fingerprint density at radius 1 is 1.50 bits per heavy atom. The first-order chi connectivity index (χ1) is 8.34. The third-order valence-corrected chi connectivity index (χ3v) is 4.40. The second kappa shape index (κ2) is 6.60. The van der Waals surface area contributed by atoms with Gasteiger partial charge in [0, 0.05) is 20.2 Å². The summed E-state index contributed by atoms with van der Waals surface area (Å²) in [5, 5.41) is 7.28. The Balaban J connectivity index is 2.51. The predicted molar refractivity (Wildman–Crippen MR) is 69.6 cm³/mol. The quantitative estimate of drug-likeness (QED) is 0.737. The number of nitrogens with one attached hydrogen (secondary N) is 1. The molecule has 0 saturated carbocycles. The zero-order chi connectivity index (χ0) is 13.8. The van der Waals surface area contributed by atoms with Crippen molar-refractivity contribution in [1.82, 2.24) is 19.7 Å². The molecule has 0 radical (unpaired) electrons. The second-order valence-electron chi connectivity index (χ2n) is 3.98. The molecular weight excluding hydrogens is 324 g/mol. The van der Waals surface area contributed by atoms with Gasteiger partial charge in [-0.25, -0.2) is 17.8 Å². The highest BCUT2D eigenvalue weighted by atomic mass is 79.9. The van der Waals surface area contributed by atoms with Crippen LogP contribution in [0, 0.1) is 0 Å². The molecule has 1 heterocycles. The van der Waals surface area contributed by atoms with E-state index >= 15 is 0 Å². The Hall–Kier alpha value is -0.510. The molecule has 0 aliphatic heterocycles. The molecule has 1 N–H and O–H groups in total. The van der Waals surface area contributed by atoms with Gasteiger partial charge in [-0.1, -0.05) is 5.21 Å². The van der Waals surface area contributed by atoms with Crippen molar-refractivity contribution in [3.8, 4) is 0 Å². The fraction of sp³-hybridized carbons (Fsp3) is 0.778. The summed E-state index contributed by atoms with van der Waals surface area (Å²) in [7, 11) is -2.07. The van der Waals surface area contributed by atoms with Crippen LogP contribution in [0.2, 0.25) is 0 Å². The van der Waals surface area contributed by atoms with Crippen LogP contribution in [-0.4, -0.2) is 42.7 Å². The van der Waals surface area contributed by atoms with E-state index in [-0.39, 0.29) is 15.7 Å². The van der Waals surface area contributed by atoms with Crippen LogP contribution >= 0.6 is 15.9 Å². The highest BCUT2D eigenvalue weighted by molar-refractivity contribution is 9.10. The molecule has 0 aliphatic carbocycles. The van der Waals surface area contributed by atoms with Crippen LogP contribution in [0.1, 0.15) is 20.3 Å². The summed E-state index contributed by atoms with van der Waals surface area (Å²) in [6.45, 7) is 4.70. The van der Waals surface area contributed by atoms with Crippen molar-refractivity contribution in [2.24, 2.45) is 7.05 Å². The van der Waals surface area contributed by atoms with Crippen molar-refractivity contribution in [3.63, 3.8) is 0 Å². The standard InChI is InChI=1S/C9H17BrN4O3S/c1-7(2)17-6-4-5-11-18(15,16)9-8(10)12-13-14(9)3/h7,11H,4-6H2,1-3H3. The van der Waals surface area contributed by atoms with E-state index in [9.17, 15) is 8.42 Å². The summed E-state index contributed by atoms with van der Waals surface area (Å²) >= 11 is 3.06. The summed E-state index contributed by atoms with van der Waals surface area (Å²) in [6.07, 6.45) is 0.761. The van der Waals surface area contributed by atoms with E-state index in [2.05, 4.69) is 31.0 Å². The fourth-order valence-electron chi connectivity index (χ4n) is 1.27. The van der Waals surface area contributed by atoms with Gasteiger partial charge in [-0.3, -0.25) is 0 Å². The highest BCUT2D eigenvalue weighted by Gasteiger charge is 2.23. The zero-order valence-corrected chi connectivity index (χ0v) is 13.0. The number of aryl methyl sites for hydroxylation is 1. The van der Waals surface area contributed by atoms with E-state index in [0.29, 0.717) is 19.6 Å². The van der Waals surface area contributed by atoms with Gasteiger partial charge in [-0.2, -0.15) is 0 Å². The molecule has 0 aromatic carbocycles. The molecule has 1 aromatic rings. The largest absolute Gasteiger partial charge is 0.379 e. The first kappa shape index (κ1) is 15.5. The Morgan fingerprint density at radius 3 is 2.67 bits per heavy atom. The first-order valence-electron chi connectivity index (χ1n) is 5.51. The van der Waals surface area contributed by atoms with Gasteiger partial charge in [0.2, 0.25) is 5.03 Å². The maximum absolute atomic E-state index is 11.9. The van der Waals surface area contributed by atoms with Crippen LogP contribution in [0.5, 0.6) is 0 Å². The number of hydrogen-bond acceptors (Lipinski definition) is 5. The van der Waals surface area contributed by atoms with Gasteiger partial charge in [-0.15, -0.1) is 5.10 Å². The van der Waals surface area contributed by atoms with Crippen molar-refractivity contribution in [2.45, 2.75) is 31.4 Å². The monoisotopic (exact) mass is 340 g/mol. The minimum atomic E-state index is -3.59. The number of halogens is 1. The molecular formula is C9H17BrN4O3S. The van der Waals surface area contributed by atoms with E-state index in [0.717, 1.165) is 0 Å². The Morgan fingerprint density at radius 2 is 2.17 bits per heavy atom. The number of nitrogens with zero attached hydrogens (tertiary/aromatic N) is 3. The number of ether oxygens (including phenoxy) is 1. The molecule has 0 fully saturated rings. The summed E-state index contributed by atoms with van der Waals surface area (Å²) in [5.41, 5.74) is 0. The van der Waals surface area contributed by atoms with Gasteiger partial charge in [0.1, 0.15) is 0 Å². The number of aromatic nitrogens is 3. The molecule has 0 bridgehead atoms. The molecule has 0 amide bonds. The summed E-state index contributed by atoms with van der Waals surface area (Å²) in [5.74, 6) is 0. The van der Waals surface area contributed by atoms with Crippen LogP contribution in [-0.2, 0) is 21.8 Å². The Labute approximate surface area is 115 Å². The molecule has 0 saturated heterocycles. The van der Waals surface area contributed by atoms with Crippen LogP contribution in [0.25, 0.3) is 0 Å². The lowest BCUT2D eigenvalue weighted by Crippen LogP contribution is -2.28. The molecule has 18 heavy (non-hydrogen) atoms. The van der Waals surface area contributed by atoms with E-state index < -0.39 is 10.0 Å². The number of sulfonamides is 1. The van der Waals surface area contributed by atoms with Gasteiger partial charge in [0.05, 0.1) is 6.10 Å². The lowest BCUT2D eigenvalue weighted by atomic mass is 10.4. The minimum absolute atomic E-state index is 0.0206. The van der Waals surface area contributed by atoms with Crippen molar-refractivity contribution < 1.29 is 13.2 Å². The van der Waals surface area contributed by atoms with Gasteiger partial charge < -0.3 is 4.74 Å². The lowest BCUT2D eigenvalue weighted by Gasteiger charge is -2.08. The SMILES string of the molecule is CC(C)OCCCNS(=O)(=O)c1c(Br)nnn1C. The fourth-order valence-corrected chi connectivity index (χ4v) is 3.44. The molecule has 0 spiro atoms. The molecule has 9 heteroatoms. The lowest BCUT2D eigenvalue weighted by molar-refractivity contribution is 0.0778. The molecule has 0 atom stereocenters. The van der Waals surface area contributed by atoms with E-state index in [4.69, 9.17) is 4.74 Å². The Kier molecular flexibility index (Phi) is 5.70. The van der Waals surface area contributed by atoms with E-state index in [1.165, 1.54) is 11.7 Å². The van der Waals surface area contributed by atoms with Crippen LogP contribution < -0.4 is 4.72 Å². The van der Waals surface area contributed by atoms with E-state index in [1.807, 2.05) is 13.8 Å². The van der Waals surface area contributed by atoms with Crippen molar-refractivity contribution in [1.29, 1.82) is 0 Å². The van der Waals surface area contributed by atoms with Crippen LogP contribution in [0.15, 0.2) is 9.63 Å². The molecule has 0 aliphatic rings. The number of hydrogen-bond donors (Lipinski definition) is 1. The normalized spacial score (nSPS) is 12.3. The maximum atomic E-state index is 11.9. The summed E-state index contributed by atoms with van der Waals surface area (Å²) in [6, 6.07) is 0. The second-order valence-corrected chi connectivity index (χ2v) is 6.41. The molecule has 1 rings (SSSR count). The smallest absolute Gasteiger partial charge is 0.260 e. The predicted octanol–water partition coefficient (Wildman–Crippen LogP) is 0.671. The third-order valence-electron chi connectivity index (χ3n) is 2.06. The first-order valence-corrected chi connectivity index (χ1v) is 7.78. The molecule has 1 aromatic heterocycles. The highest BCUT2D eigenvalue weighted by Crippen LogP contribution is 2.17. The van der Waals surface area contributed by atoms with E-state index in [1.54, 1.807) is 0 Å². The average molecular weight is 341 g/mol. The summed E-state index contributed by atoms with van der Waals surface area (Å²) in [4.78, 5) is 0. The van der Waals surface area contributed by atoms with Crippen LogP contribution in [0.3, 0.4) is 0 Å². The average Bonchev–Trinajstić information content (AvgIpc) is 2.57. The molecule has 104 valence electrons. The molecule has 0 unspecified atom stereocenters. The maximum Gasteiger partial charge on any atom is 0.260 e. The third kappa shape index (κ3) is 4.30. The topological polar surface area (TPSA) is 86.1 Å². The number of rotatable bonds is 7. The van der Waals surface area contributed by atoms with Crippen LogP contribution in [0.4, 0.5) is 0 Å². The van der Waals surface area contributed by atoms with Gasteiger partial charge >= 0.3 is 0 Å². The zero-order valence-electron chi connectivity index (χ0n) is 10.6. The molecule has 7 nitrogen and oxygen atoms in total. The van der Waals surface area contributed by atoms with Gasteiger partial charge in [0.15, 0.2) is 4.60 Å². The van der Waals surface area contributed by atoms with Crippen molar-refractivity contribution in [2.75, 3.05) is 13.2 Å². The van der Waals surface area contributed by atoms with Gasteiger partial charge in [-0.05, 0) is 36.2 Å². The minimum Gasteiger partial charge on any atom is -0.379 e.